The topological polar surface area (TPSA) is 160 Å². The number of nitrogens with zero attached hydrogens (tertiary/aromatic N) is 1. The largest absolute Gasteiger partial charge is 0.391 e. The first-order valence-corrected chi connectivity index (χ1v) is 18.9. The number of aliphatic hydroxyl groups is 6. The molecular formula is C39H61NO8. The Morgan fingerprint density at radius 1 is 1.06 bits per heavy atom. The highest BCUT2D eigenvalue weighted by Gasteiger charge is 2.77. The lowest BCUT2D eigenvalue weighted by atomic mass is 9.36. The number of rotatable bonds is 10. The molecule has 7 aliphatic rings. The van der Waals surface area contributed by atoms with Crippen LogP contribution in [0.5, 0.6) is 0 Å². The van der Waals surface area contributed by atoms with Crippen LogP contribution in [0.4, 0.5) is 0 Å². The Morgan fingerprint density at radius 2 is 1.77 bits per heavy atom. The first-order chi connectivity index (χ1) is 22.6. The molecular weight excluding hydrogens is 610 g/mol. The van der Waals surface area contributed by atoms with Gasteiger partial charge < -0.3 is 35.4 Å². The summed E-state index contributed by atoms with van der Waals surface area (Å²) in [7, 11) is 0. The molecule has 270 valence electrons. The third-order valence-electron chi connectivity index (χ3n) is 14.9. The van der Waals surface area contributed by atoms with Gasteiger partial charge >= 0.3 is 0 Å². The fraction of sp³-hybridized carbons (Fsp3) is 0.897. The van der Waals surface area contributed by atoms with Gasteiger partial charge in [-0.05, 0) is 87.9 Å². The molecule has 5 fully saturated rings. The molecule has 1 saturated heterocycles. The molecule has 4 saturated carbocycles. The Hall–Kier alpha value is -1.38. The molecule has 0 aromatic heterocycles. The zero-order chi connectivity index (χ0) is 34.9. The van der Waals surface area contributed by atoms with E-state index in [1.165, 1.54) is 19.3 Å². The third-order valence-corrected chi connectivity index (χ3v) is 14.9. The minimum Gasteiger partial charge on any atom is -0.391 e. The Balaban J connectivity index is 1.40. The van der Waals surface area contributed by atoms with Crippen molar-refractivity contribution in [2.45, 2.75) is 160 Å². The molecule has 0 amide bonds. The van der Waals surface area contributed by atoms with Gasteiger partial charge in [-0.3, -0.25) is 9.79 Å². The van der Waals surface area contributed by atoms with Crippen LogP contribution in [-0.2, 0) is 9.53 Å². The minimum atomic E-state index is -1.60. The zero-order valence-corrected chi connectivity index (χ0v) is 29.8. The Kier molecular flexibility index (Phi) is 9.85. The molecule has 6 aliphatic carbocycles. The number of ether oxygens (including phenoxy) is 1. The van der Waals surface area contributed by atoms with Crippen LogP contribution in [0.25, 0.3) is 0 Å². The van der Waals surface area contributed by atoms with E-state index in [9.17, 15) is 35.4 Å². The molecule has 9 nitrogen and oxygen atoms in total. The summed E-state index contributed by atoms with van der Waals surface area (Å²) in [6, 6.07) is 0. The van der Waals surface area contributed by atoms with Crippen LogP contribution in [0.2, 0.25) is 0 Å². The van der Waals surface area contributed by atoms with Gasteiger partial charge in [-0.2, -0.15) is 0 Å². The van der Waals surface area contributed by atoms with Crippen LogP contribution in [-0.4, -0.2) is 97.0 Å². The van der Waals surface area contributed by atoms with Crippen molar-refractivity contribution in [2.24, 2.45) is 50.8 Å². The van der Waals surface area contributed by atoms with E-state index < -0.39 is 69.8 Å². The molecule has 15 atom stereocenters. The molecule has 1 heterocycles. The van der Waals surface area contributed by atoms with Crippen LogP contribution in [0.15, 0.2) is 4.99 Å². The van der Waals surface area contributed by atoms with E-state index in [2.05, 4.69) is 25.7 Å². The first-order valence-electron chi connectivity index (χ1n) is 18.9. The summed E-state index contributed by atoms with van der Waals surface area (Å²) in [6.45, 7) is 10.2. The summed E-state index contributed by atoms with van der Waals surface area (Å²) in [4.78, 5) is 19.7. The number of carbonyl (C=O) groups excluding carboxylic acids is 1. The molecule has 48 heavy (non-hydrogen) atoms. The highest BCUT2D eigenvalue weighted by atomic mass is 16.5. The van der Waals surface area contributed by atoms with Gasteiger partial charge in [-0.25, -0.2) is 0 Å². The number of carbonyl (C=O) groups is 1. The average molecular weight is 672 g/mol. The van der Waals surface area contributed by atoms with Crippen molar-refractivity contribution in [3.05, 3.63) is 0 Å². The zero-order valence-electron chi connectivity index (χ0n) is 29.8. The maximum atomic E-state index is 14.9. The summed E-state index contributed by atoms with van der Waals surface area (Å²) >= 11 is 0. The first kappa shape index (κ1) is 36.4. The number of ketones is 1. The lowest BCUT2D eigenvalue weighted by Gasteiger charge is -2.68. The van der Waals surface area contributed by atoms with Crippen molar-refractivity contribution in [2.75, 3.05) is 13.2 Å². The standard InChI is InChI=1S/C39H61NO8/c1-6-7-8-9-12-25-22-48-32(24(25)3)34(45)36(5,46)29-14-18-39(47)30-26-13-17-37(29,39)15-10-11-16-38(33(44)31(30)40-21-23(2)41)20-28(43)27(42)19-35(26,38)4/h23-30,32,34,41-43,45-47H,6-9,12-22H2,1-5H3. The van der Waals surface area contributed by atoms with E-state index in [1.54, 1.807) is 13.8 Å². The second kappa shape index (κ2) is 13.0. The van der Waals surface area contributed by atoms with Crippen LogP contribution < -0.4 is 0 Å². The molecule has 0 radical (unpaired) electrons. The van der Waals surface area contributed by atoms with E-state index in [1.807, 2.05) is 6.92 Å². The van der Waals surface area contributed by atoms with E-state index in [-0.39, 0.29) is 49.1 Å². The van der Waals surface area contributed by atoms with Gasteiger partial charge in [0.1, 0.15) is 6.10 Å². The normalized spacial score (nSPS) is 48.4. The second-order valence-electron chi connectivity index (χ2n) is 17.4. The molecule has 0 aromatic rings. The smallest absolute Gasteiger partial charge is 0.184 e. The number of hydrogen-bond donors (Lipinski definition) is 6. The van der Waals surface area contributed by atoms with Gasteiger partial charge in [0.05, 0.1) is 59.9 Å². The Labute approximate surface area is 287 Å². The fourth-order valence-corrected chi connectivity index (χ4v) is 12.1. The molecule has 9 heteroatoms. The number of unbranched alkanes of at least 4 members (excludes halogenated alkanes) is 3. The monoisotopic (exact) mass is 671 g/mol. The van der Waals surface area contributed by atoms with Gasteiger partial charge in [-0.1, -0.05) is 46.5 Å². The molecule has 15 unspecified atom stereocenters. The minimum absolute atomic E-state index is 0.00734. The second-order valence-corrected chi connectivity index (χ2v) is 17.4. The third kappa shape index (κ3) is 5.21. The fourth-order valence-electron chi connectivity index (χ4n) is 12.1. The van der Waals surface area contributed by atoms with Crippen molar-refractivity contribution in [3.8, 4) is 11.8 Å². The maximum Gasteiger partial charge on any atom is 0.184 e. The molecule has 7 rings (SSSR count). The summed E-state index contributed by atoms with van der Waals surface area (Å²) < 4.78 is 6.25. The highest BCUT2D eigenvalue weighted by Crippen LogP contribution is 2.73. The number of fused-ring (bicyclic) bond motifs is 4. The van der Waals surface area contributed by atoms with Crippen molar-refractivity contribution in [3.63, 3.8) is 0 Å². The van der Waals surface area contributed by atoms with E-state index >= 15 is 0 Å². The van der Waals surface area contributed by atoms with Gasteiger partial charge in [-0.15, -0.1) is 11.8 Å². The molecule has 4 bridgehead atoms. The van der Waals surface area contributed by atoms with Crippen LogP contribution >= 0.6 is 0 Å². The SMILES string of the molecule is CCCCCCC1COC(C(O)C(C)(O)C2CCC3(O)C4C(=NCC(C)O)C(=O)C56CC#CCC23CCC4C5(C)CC(O)C(O)C6)C1C. The summed E-state index contributed by atoms with van der Waals surface area (Å²) in [6.07, 6.45) is 3.85. The predicted molar refractivity (Wildman–Crippen MR) is 182 cm³/mol. The molecule has 1 aliphatic heterocycles. The van der Waals surface area contributed by atoms with Crippen molar-refractivity contribution >= 4 is 11.5 Å². The van der Waals surface area contributed by atoms with E-state index in [4.69, 9.17) is 9.73 Å². The van der Waals surface area contributed by atoms with Crippen LogP contribution in [0.3, 0.4) is 0 Å². The highest BCUT2D eigenvalue weighted by molar-refractivity contribution is 6.43. The van der Waals surface area contributed by atoms with Crippen molar-refractivity contribution in [1.29, 1.82) is 0 Å². The summed E-state index contributed by atoms with van der Waals surface area (Å²) in [5, 5.41) is 70.1. The predicted octanol–water partition coefficient (Wildman–Crippen LogP) is 3.58. The molecule has 0 aromatic carbocycles. The van der Waals surface area contributed by atoms with Crippen molar-refractivity contribution < 1.29 is 40.2 Å². The maximum absolute atomic E-state index is 14.9. The summed E-state index contributed by atoms with van der Waals surface area (Å²) in [5.41, 5.74) is -5.58. The van der Waals surface area contributed by atoms with Crippen molar-refractivity contribution in [1.82, 2.24) is 0 Å². The van der Waals surface area contributed by atoms with E-state index in [0.717, 1.165) is 12.8 Å². The van der Waals surface area contributed by atoms with Crippen LogP contribution in [0.1, 0.15) is 118 Å². The number of aliphatic imine (C=N–C) groups is 1. The summed E-state index contributed by atoms with van der Waals surface area (Å²) in [5.74, 6) is 5.36. The number of hydrogen-bond acceptors (Lipinski definition) is 9. The van der Waals surface area contributed by atoms with Gasteiger partial charge in [0.25, 0.3) is 0 Å². The Bertz CT molecular complexity index is 1320. The van der Waals surface area contributed by atoms with Gasteiger partial charge in [0.2, 0.25) is 0 Å². The van der Waals surface area contributed by atoms with Gasteiger partial charge in [0, 0.05) is 24.2 Å². The van der Waals surface area contributed by atoms with Crippen LogP contribution in [0, 0.1) is 57.7 Å². The Morgan fingerprint density at radius 3 is 2.48 bits per heavy atom. The number of Topliss-reactive ketones (excluding diaryl/α,β-unsaturated/α-hetero) is 1. The van der Waals surface area contributed by atoms with Gasteiger partial charge in [0.15, 0.2) is 5.78 Å². The lowest BCUT2D eigenvalue weighted by molar-refractivity contribution is -0.235. The molecule has 2 spiro atoms. The van der Waals surface area contributed by atoms with E-state index in [0.29, 0.717) is 44.6 Å². The lowest BCUT2D eigenvalue weighted by Crippen LogP contribution is -2.73. The number of aliphatic hydroxyl groups excluding tert-OH is 4. The average Bonchev–Trinajstić information content (AvgIpc) is 3.55. The molecule has 6 N–H and O–H groups in total. The quantitative estimate of drug-likeness (QED) is 0.152.